The van der Waals surface area contributed by atoms with Crippen molar-refractivity contribution in [2.75, 3.05) is 0 Å². The van der Waals surface area contributed by atoms with E-state index < -0.39 is 69.5 Å². The molecule has 1 N–H and O–H groups in total. The molecule has 1 heterocycles. The van der Waals surface area contributed by atoms with Crippen molar-refractivity contribution in [1.82, 2.24) is 20.1 Å². The number of aryl methyl sites for hydroxylation is 1. The number of amides is 1. The number of carbonyl (C=O) groups is 3. The average Bonchev–Trinajstić information content (AvgIpc) is 3.38. The molecule has 6 atom stereocenters. The Kier molecular flexibility index (Phi) is 9.87. The highest BCUT2D eigenvalue weighted by molar-refractivity contribution is 7.99. The van der Waals surface area contributed by atoms with Crippen molar-refractivity contribution in [2.24, 2.45) is 24.8 Å². The number of carbonyl (C=O) groups excluding carboxylic acids is 3. The Balaban J connectivity index is 1.86. The van der Waals surface area contributed by atoms with Crippen LogP contribution in [-0.4, -0.2) is 66.5 Å². The molecule has 6 unspecified atom stereocenters. The summed E-state index contributed by atoms with van der Waals surface area (Å²) in [6.45, 7) is 15.7. The summed E-state index contributed by atoms with van der Waals surface area (Å²) >= 11 is 13.7. The first-order valence-electron chi connectivity index (χ1n) is 14.7. The summed E-state index contributed by atoms with van der Waals surface area (Å²) in [7, 11) is 1.74. The van der Waals surface area contributed by atoms with Crippen LogP contribution in [0.25, 0.3) is 0 Å². The molecule has 45 heavy (non-hydrogen) atoms. The van der Waals surface area contributed by atoms with Crippen LogP contribution in [-0.2, 0) is 42.2 Å². The summed E-state index contributed by atoms with van der Waals surface area (Å²) in [5.74, 6) is -3.19. The topological polar surface area (TPSA) is 131 Å². The smallest absolute Gasteiger partial charge is 0.408 e. The first-order chi connectivity index (χ1) is 20.6. The first kappa shape index (κ1) is 35.3. The minimum absolute atomic E-state index is 0.00531. The van der Waals surface area contributed by atoms with Crippen molar-refractivity contribution in [3.05, 3.63) is 40.1 Å². The number of alkyl carbamates (subject to hydrolysis) is 1. The number of nitrogens with one attached hydrogen (secondary N) is 1. The third-order valence-corrected chi connectivity index (χ3v) is 9.06. The van der Waals surface area contributed by atoms with Crippen LogP contribution in [0.1, 0.15) is 67.9 Å². The van der Waals surface area contributed by atoms with Crippen LogP contribution < -0.4 is 5.32 Å². The third kappa shape index (κ3) is 8.25. The number of nitrogens with zero attached hydrogens (tertiary/aromatic N) is 3. The quantitative estimate of drug-likeness (QED) is 0.261. The van der Waals surface area contributed by atoms with Gasteiger partial charge in [-0.25, -0.2) is 14.6 Å². The van der Waals surface area contributed by atoms with E-state index in [0.29, 0.717) is 20.8 Å². The second-order valence-corrected chi connectivity index (χ2v) is 16.4. The van der Waals surface area contributed by atoms with Crippen LogP contribution in [0.5, 0.6) is 0 Å². The molecule has 2 aliphatic carbocycles. The molecule has 1 aromatic carbocycles. The van der Waals surface area contributed by atoms with Gasteiger partial charge >= 0.3 is 18.0 Å². The summed E-state index contributed by atoms with van der Waals surface area (Å²) in [4.78, 5) is 46.1. The number of halogens is 2. The van der Waals surface area contributed by atoms with Crippen LogP contribution in [0.15, 0.2) is 29.7 Å². The summed E-state index contributed by atoms with van der Waals surface area (Å²) in [5.41, 5.74) is -3.76. The Hall–Kier alpha value is -2.54. The number of esters is 2. The molecule has 0 radical (unpaired) electrons. The maximum absolute atomic E-state index is 14.5. The normalized spacial score (nSPS) is 26.2. The van der Waals surface area contributed by atoms with Gasteiger partial charge in [0.1, 0.15) is 29.2 Å². The molecule has 2 fully saturated rings. The SMILES string of the molecule is Cn1cnc(SC2C3C(C(=O)OC(C)(C)C)C3C(NC(=O)OC(C)(C)C)(C(=O)OC(C)(C)C)C2OCc2ccc(Cl)c(Cl)c2)n1. The number of benzene rings is 1. The van der Waals surface area contributed by atoms with E-state index in [1.54, 1.807) is 98.6 Å². The first-order valence-corrected chi connectivity index (χ1v) is 16.3. The molecule has 2 aromatic rings. The average molecular weight is 686 g/mol. The second-order valence-electron chi connectivity index (χ2n) is 14.4. The fraction of sp³-hybridized carbons (Fsp3) is 0.645. The number of fused-ring (bicyclic) bond motifs is 1. The largest absolute Gasteiger partial charge is 0.460 e. The molecule has 0 saturated heterocycles. The van der Waals surface area contributed by atoms with Crippen molar-refractivity contribution in [3.63, 3.8) is 0 Å². The van der Waals surface area contributed by atoms with Crippen LogP contribution in [0, 0.1) is 17.8 Å². The molecule has 0 spiro atoms. The van der Waals surface area contributed by atoms with Crippen LogP contribution >= 0.6 is 35.0 Å². The van der Waals surface area contributed by atoms with Gasteiger partial charge in [0.2, 0.25) is 5.16 Å². The molecule has 11 nitrogen and oxygen atoms in total. The van der Waals surface area contributed by atoms with Gasteiger partial charge < -0.3 is 24.3 Å². The Morgan fingerprint density at radius 2 is 1.58 bits per heavy atom. The number of hydrogen-bond donors (Lipinski definition) is 1. The fourth-order valence-corrected chi connectivity index (χ4v) is 7.38. The van der Waals surface area contributed by atoms with Crippen molar-refractivity contribution >= 4 is 53.0 Å². The summed E-state index contributed by atoms with van der Waals surface area (Å²) in [6, 6.07) is 5.08. The van der Waals surface area contributed by atoms with E-state index in [1.807, 2.05) is 0 Å². The molecule has 0 bridgehead atoms. The minimum Gasteiger partial charge on any atom is -0.460 e. The fourth-order valence-electron chi connectivity index (χ4n) is 5.62. The molecule has 2 aliphatic rings. The van der Waals surface area contributed by atoms with Gasteiger partial charge in [-0.3, -0.25) is 9.48 Å². The highest BCUT2D eigenvalue weighted by atomic mass is 35.5. The predicted octanol–water partition coefficient (Wildman–Crippen LogP) is 5.99. The maximum atomic E-state index is 14.5. The van der Waals surface area contributed by atoms with Crippen molar-refractivity contribution in [2.45, 2.75) is 108 Å². The summed E-state index contributed by atoms with van der Waals surface area (Å²) in [5, 5.41) is 7.84. The van der Waals surface area contributed by atoms with Gasteiger partial charge in [0.25, 0.3) is 0 Å². The Morgan fingerprint density at radius 3 is 2.11 bits per heavy atom. The third-order valence-electron chi connectivity index (χ3n) is 7.08. The predicted molar refractivity (Wildman–Crippen MR) is 170 cm³/mol. The highest BCUT2D eigenvalue weighted by Crippen LogP contribution is 2.67. The Labute approximate surface area is 278 Å². The van der Waals surface area contributed by atoms with E-state index in [-0.39, 0.29) is 6.61 Å². The highest BCUT2D eigenvalue weighted by Gasteiger charge is 2.81. The van der Waals surface area contributed by atoms with E-state index in [0.717, 1.165) is 0 Å². The monoisotopic (exact) mass is 684 g/mol. The van der Waals surface area contributed by atoms with E-state index in [1.165, 1.54) is 11.8 Å². The van der Waals surface area contributed by atoms with E-state index >= 15 is 0 Å². The number of ether oxygens (including phenoxy) is 4. The van der Waals surface area contributed by atoms with Crippen molar-refractivity contribution < 1.29 is 33.3 Å². The minimum atomic E-state index is -1.84. The van der Waals surface area contributed by atoms with Gasteiger partial charge in [0.15, 0.2) is 5.54 Å². The number of aromatic nitrogens is 3. The molecular formula is C31H42Cl2N4O7S. The zero-order valence-electron chi connectivity index (χ0n) is 27.3. The van der Waals surface area contributed by atoms with Crippen LogP contribution in [0.3, 0.4) is 0 Å². The molecule has 248 valence electrons. The molecule has 0 aliphatic heterocycles. The molecule has 2 saturated carbocycles. The lowest BCUT2D eigenvalue weighted by atomic mass is 9.86. The molecular weight excluding hydrogens is 643 g/mol. The second kappa shape index (κ2) is 12.6. The van der Waals surface area contributed by atoms with E-state index in [4.69, 9.17) is 42.1 Å². The van der Waals surface area contributed by atoms with Gasteiger partial charge in [-0.2, -0.15) is 0 Å². The van der Waals surface area contributed by atoms with E-state index in [2.05, 4.69) is 15.4 Å². The Morgan fingerprint density at radius 1 is 0.956 bits per heavy atom. The van der Waals surface area contributed by atoms with Crippen molar-refractivity contribution in [1.29, 1.82) is 0 Å². The van der Waals surface area contributed by atoms with Gasteiger partial charge in [-0.1, -0.05) is 41.0 Å². The zero-order valence-corrected chi connectivity index (χ0v) is 29.6. The van der Waals surface area contributed by atoms with Crippen molar-refractivity contribution in [3.8, 4) is 0 Å². The van der Waals surface area contributed by atoms with Gasteiger partial charge in [0, 0.05) is 18.2 Å². The molecule has 1 amide bonds. The van der Waals surface area contributed by atoms with Gasteiger partial charge in [0.05, 0.1) is 22.6 Å². The Bertz CT molecular complexity index is 1450. The lowest BCUT2D eigenvalue weighted by molar-refractivity contribution is -0.173. The standard InChI is InChI=1S/C31H42Cl2N4O7S/c1-28(2,3)42-24(38)20-19-21(20)31(25(39)43-29(4,5)6,35-27(40)44-30(7,8)9)23(22(19)45-26-34-15-37(10)36-26)41-14-16-11-12-17(32)18(33)13-16/h11-13,15,19-23H,14H2,1-10H3,(H,35,40). The zero-order chi connectivity index (χ0) is 33.7. The molecule has 4 rings (SSSR count). The lowest BCUT2D eigenvalue weighted by Crippen LogP contribution is -2.66. The number of thioether (sulfide) groups is 1. The lowest BCUT2D eigenvalue weighted by Gasteiger charge is -2.40. The van der Waals surface area contributed by atoms with Crippen LogP contribution in [0.2, 0.25) is 10.0 Å². The molecule has 1 aromatic heterocycles. The maximum Gasteiger partial charge on any atom is 0.408 e. The molecule has 14 heteroatoms. The van der Waals surface area contributed by atoms with Gasteiger partial charge in [-0.05, 0) is 85.9 Å². The summed E-state index contributed by atoms with van der Waals surface area (Å²) in [6.07, 6.45) is -0.318. The van der Waals surface area contributed by atoms with Crippen LogP contribution in [0.4, 0.5) is 4.79 Å². The summed E-state index contributed by atoms with van der Waals surface area (Å²) < 4.78 is 25.6. The van der Waals surface area contributed by atoms with E-state index in [9.17, 15) is 14.4 Å². The number of hydrogen-bond acceptors (Lipinski definition) is 10. The number of rotatable bonds is 8. The van der Waals surface area contributed by atoms with Gasteiger partial charge in [-0.15, -0.1) is 5.10 Å².